The number of nitrogens with one attached hydrogen (secondary N) is 3. The third-order valence-corrected chi connectivity index (χ3v) is 8.83. The quantitative estimate of drug-likeness (QED) is 0.383. The number of nitrogens with zero attached hydrogens (tertiary/aromatic N) is 2. The van der Waals surface area contributed by atoms with Gasteiger partial charge in [-0.05, 0) is 57.3 Å². The zero-order valence-electron chi connectivity index (χ0n) is 21.6. The Morgan fingerprint density at radius 3 is 2.68 bits per heavy atom. The van der Waals surface area contributed by atoms with Gasteiger partial charge >= 0.3 is 0 Å². The van der Waals surface area contributed by atoms with Crippen molar-refractivity contribution in [2.45, 2.75) is 62.6 Å². The number of amides is 3. The van der Waals surface area contributed by atoms with Crippen LogP contribution in [0.3, 0.4) is 0 Å². The van der Waals surface area contributed by atoms with Crippen LogP contribution in [0.5, 0.6) is 5.75 Å². The number of imide groups is 1. The van der Waals surface area contributed by atoms with Crippen molar-refractivity contribution in [1.82, 2.24) is 20.4 Å². The van der Waals surface area contributed by atoms with Crippen LogP contribution >= 0.6 is 0 Å². The molecule has 1 aromatic rings. The number of ether oxygens (including phenoxy) is 2. The average Bonchev–Trinajstić information content (AvgIpc) is 3.44. The smallest absolute Gasteiger partial charge is 0.255 e. The first kappa shape index (κ1) is 25.1. The fraction of sp³-hybridized carbons (Fsp3) is 0.571. The summed E-state index contributed by atoms with van der Waals surface area (Å²) >= 11 is 0. The van der Waals surface area contributed by atoms with Crippen LogP contribution in [-0.2, 0) is 26.3 Å². The third-order valence-electron chi connectivity index (χ3n) is 8.83. The molecule has 0 radical (unpaired) electrons. The lowest BCUT2D eigenvalue weighted by atomic mass is 9.74. The van der Waals surface area contributed by atoms with Gasteiger partial charge in [0.05, 0.1) is 13.2 Å². The van der Waals surface area contributed by atoms with Gasteiger partial charge in [0.2, 0.25) is 11.8 Å². The number of hydrogen-bond acceptors (Lipinski definition) is 8. The van der Waals surface area contributed by atoms with Crippen LogP contribution in [0, 0.1) is 5.41 Å². The van der Waals surface area contributed by atoms with Gasteiger partial charge in [-0.15, -0.1) is 0 Å². The van der Waals surface area contributed by atoms with Crippen LogP contribution < -0.4 is 15.4 Å². The van der Waals surface area contributed by atoms with Crippen LogP contribution in [0.4, 0.5) is 0 Å². The molecule has 0 saturated carbocycles. The lowest BCUT2D eigenvalue weighted by molar-refractivity contribution is -0.136. The Hall–Kier alpha value is -3.24. The number of benzene rings is 1. The number of likely N-dealkylation sites (tertiary alicyclic amines) is 1. The first-order chi connectivity index (χ1) is 18.5. The summed E-state index contributed by atoms with van der Waals surface area (Å²) < 4.78 is 11.8. The number of fused-ring (bicyclic) bond motifs is 4. The van der Waals surface area contributed by atoms with Crippen molar-refractivity contribution in [2.75, 3.05) is 39.5 Å². The van der Waals surface area contributed by atoms with Gasteiger partial charge in [-0.2, -0.15) is 0 Å². The second kappa shape index (κ2) is 10.1. The normalized spacial score (nSPS) is 25.7. The number of carbonyl (C=O) groups is 3. The molecule has 0 aromatic heterocycles. The van der Waals surface area contributed by atoms with E-state index in [9.17, 15) is 14.4 Å². The maximum atomic E-state index is 13.2. The molecule has 38 heavy (non-hydrogen) atoms. The van der Waals surface area contributed by atoms with Crippen molar-refractivity contribution in [3.8, 4) is 5.75 Å². The average molecular weight is 522 g/mol. The summed E-state index contributed by atoms with van der Waals surface area (Å²) in [6, 6.07) is 3.72. The number of piperidine rings is 2. The molecule has 3 saturated heterocycles. The number of carbonyl (C=O) groups excluding carboxylic acids is 3. The van der Waals surface area contributed by atoms with E-state index in [1.807, 2.05) is 12.1 Å². The first-order valence-electron chi connectivity index (χ1n) is 13.7. The summed E-state index contributed by atoms with van der Waals surface area (Å²) in [6.07, 6.45) is 7.70. The molecule has 202 valence electrons. The summed E-state index contributed by atoms with van der Waals surface area (Å²) in [7, 11) is 0. The van der Waals surface area contributed by atoms with Gasteiger partial charge in [0, 0.05) is 66.2 Å². The minimum absolute atomic E-state index is 0.0779. The van der Waals surface area contributed by atoms with Crippen molar-refractivity contribution >= 4 is 23.9 Å². The molecule has 5 aliphatic rings. The molecular weight excluding hydrogens is 486 g/mol. The van der Waals surface area contributed by atoms with Gasteiger partial charge in [0.1, 0.15) is 11.8 Å². The molecule has 10 nitrogen and oxygen atoms in total. The van der Waals surface area contributed by atoms with E-state index in [0.717, 1.165) is 75.5 Å². The van der Waals surface area contributed by atoms with E-state index >= 15 is 0 Å². The minimum atomic E-state index is -0.625. The van der Waals surface area contributed by atoms with Crippen LogP contribution in [0.25, 0.3) is 0 Å². The molecule has 0 aliphatic carbocycles. The van der Waals surface area contributed by atoms with Gasteiger partial charge in [-0.3, -0.25) is 24.6 Å². The van der Waals surface area contributed by atoms with E-state index in [0.29, 0.717) is 31.2 Å². The summed E-state index contributed by atoms with van der Waals surface area (Å²) in [5.41, 5.74) is 3.64. The molecule has 1 aromatic carbocycles. The van der Waals surface area contributed by atoms with Gasteiger partial charge in [-0.1, -0.05) is 6.07 Å². The number of allylic oxidation sites excluding steroid dienone is 1. The maximum Gasteiger partial charge on any atom is 0.255 e. The summed E-state index contributed by atoms with van der Waals surface area (Å²) in [4.78, 5) is 41.2. The van der Waals surface area contributed by atoms with E-state index in [1.54, 1.807) is 4.90 Å². The molecule has 5 aliphatic heterocycles. The molecular formula is C28H35N5O5. The van der Waals surface area contributed by atoms with Gasteiger partial charge in [0.15, 0.2) is 0 Å². The van der Waals surface area contributed by atoms with Crippen molar-refractivity contribution in [3.05, 3.63) is 40.6 Å². The highest BCUT2D eigenvalue weighted by molar-refractivity contribution is 6.05. The molecule has 3 fully saturated rings. The van der Waals surface area contributed by atoms with Crippen LogP contribution in [0.2, 0.25) is 0 Å². The molecule has 5 heterocycles. The molecule has 1 unspecified atom stereocenters. The Kier molecular flexibility index (Phi) is 6.69. The number of hydrogen-bond donors (Lipinski definition) is 3. The Morgan fingerprint density at radius 2 is 1.95 bits per heavy atom. The number of rotatable bonds is 6. The van der Waals surface area contributed by atoms with Gasteiger partial charge < -0.3 is 25.1 Å². The molecule has 10 heteroatoms. The topological polar surface area (TPSA) is 124 Å². The highest BCUT2D eigenvalue weighted by Crippen LogP contribution is 2.49. The van der Waals surface area contributed by atoms with Crippen LogP contribution in [0.1, 0.15) is 60.0 Å². The fourth-order valence-corrected chi connectivity index (χ4v) is 6.63. The Labute approximate surface area is 222 Å². The summed E-state index contributed by atoms with van der Waals surface area (Å²) in [5, 5.41) is 13.6. The summed E-state index contributed by atoms with van der Waals surface area (Å²) in [5.74, 6) is -0.0387. The van der Waals surface area contributed by atoms with E-state index in [-0.39, 0.29) is 23.7 Å². The Bertz CT molecular complexity index is 1180. The van der Waals surface area contributed by atoms with E-state index in [1.165, 1.54) is 11.8 Å². The van der Waals surface area contributed by atoms with Crippen molar-refractivity contribution in [2.24, 2.45) is 0 Å². The highest BCUT2D eigenvalue weighted by Gasteiger charge is 2.47. The zero-order chi connectivity index (χ0) is 26.3. The summed E-state index contributed by atoms with van der Waals surface area (Å²) in [6.45, 7) is 5.13. The second-order valence-electron chi connectivity index (χ2n) is 11.1. The van der Waals surface area contributed by atoms with Crippen LogP contribution in [-0.4, -0.2) is 85.3 Å². The standard InChI is InChI=1S/C28H35N5O5/c29-10-5-19(30-18-6-13-37-14-7-18)15-32-11-8-28(9-12-32)17-38-25-21-16-33(23-3-4-24(34)31-26(23)35)27(36)20(21)1-2-22(25)28/h1-2,5,10,18,23,29-30H,3-4,6-9,11-17H2,(H,31,34,35)/b19-5-,29-10?. The largest absolute Gasteiger partial charge is 0.492 e. The fourth-order valence-electron chi connectivity index (χ4n) is 6.63. The Balaban J connectivity index is 1.13. The zero-order valence-corrected chi connectivity index (χ0v) is 21.6. The highest BCUT2D eigenvalue weighted by atomic mass is 16.5. The molecule has 1 atom stereocenters. The first-order valence-corrected chi connectivity index (χ1v) is 13.7. The predicted octanol–water partition coefficient (Wildman–Crippen LogP) is 1.48. The minimum Gasteiger partial charge on any atom is -0.492 e. The SMILES string of the molecule is N=C/C=C(/CN1CCC2(CC1)COc1c2ccc2c1CN(C1CCC(=O)NC1=O)C2=O)NC1CCOCC1. The third kappa shape index (κ3) is 4.49. The lowest BCUT2D eigenvalue weighted by Crippen LogP contribution is -2.52. The van der Waals surface area contributed by atoms with Crippen molar-refractivity contribution in [3.63, 3.8) is 0 Å². The second-order valence-corrected chi connectivity index (χ2v) is 11.1. The molecule has 1 spiro atoms. The molecule has 3 amide bonds. The molecule has 0 bridgehead atoms. The van der Waals surface area contributed by atoms with Crippen molar-refractivity contribution in [1.29, 1.82) is 5.41 Å². The molecule has 6 rings (SSSR count). The monoisotopic (exact) mass is 521 g/mol. The predicted molar refractivity (Wildman–Crippen MR) is 139 cm³/mol. The molecule has 3 N–H and O–H groups in total. The maximum absolute atomic E-state index is 13.2. The Morgan fingerprint density at radius 1 is 1.16 bits per heavy atom. The van der Waals surface area contributed by atoms with Gasteiger partial charge in [0.25, 0.3) is 5.91 Å². The van der Waals surface area contributed by atoms with Gasteiger partial charge in [-0.25, -0.2) is 0 Å². The van der Waals surface area contributed by atoms with E-state index in [2.05, 4.69) is 21.6 Å². The van der Waals surface area contributed by atoms with Crippen molar-refractivity contribution < 1.29 is 23.9 Å². The van der Waals surface area contributed by atoms with E-state index < -0.39 is 11.9 Å². The lowest BCUT2D eigenvalue weighted by Gasteiger charge is -2.39. The van der Waals surface area contributed by atoms with E-state index in [4.69, 9.17) is 14.9 Å². The van der Waals surface area contributed by atoms with Crippen LogP contribution in [0.15, 0.2) is 23.9 Å².